The molecule has 33 heavy (non-hydrogen) atoms. The Hall–Kier alpha value is -3.48. The van der Waals surface area contributed by atoms with Crippen molar-refractivity contribution in [2.75, 3.05) is 13.6 Å². The number of hydrogen-bond donors (Lipinski definition) is 1. The molecule has 0 radical (unpaired) electrons. The van der Waals surface area contributed by atoms with Crippen LogP contribution in [0.15, 0.2) is 65.2 Å². The molecule has 0 amide bonds. The highest BCUT2D eigenvalue weighted by atomic mass is 35.5. The third-order valence-electron chi connectivity index (χ3n) is 5.49. The van der Waals surface area contributed by atoms with Gasteiger partial charge in [0.2, 0.25) is 5.82 Å². The molecular formula is C26H24ClN3O3. The van der Waals surface area contributed by atoms with Gasteiger partial charge in [-0.25, -0.2) is 0 Å². The quantitative estimate of drug-likeness (QED) is 0.371. The zero-order chi connectivity index (χ0) is 23.5. The van der Waals surface area contributed by atoms with E-state index < -0.39 is 5.97 Å². The first-order valence-electron chi connectivity index (χ1n) is 10.5. The van der Waals surface area contributed by atoms with Crippen LogP contribution in [0.1, 0.15) is 16.7 Å². The van der Waals surface area contributed by atoms with E-state index in [1.807, 2.05) is 36.4 Å². The minimum atomic E-state index is -0.883. The number of halogens is 1. The van der Waals surface area contributed by atoms with E-state index in [1.54, 1.807) is 18.0 Å². The summed E-state index contributed by atoms with van der Waals surface area (Å²) in [4.78, 5) is 17.1. The van der Waals surface area contributed by atoms with Crippen LogP contribution in [0.5, 0.6) is 0 Å². The van der Waals surface area contributed by atoms with Gasteiger partial charge in [0, 0.05) is 22.7 Å². The smallest absolute Gasteiger partial charge is 0.317 e. The van der Waals surface area contributed by atoms with Gasteiger partial charge >= 0.3 is 5.97 Å². The second kappa shape index (κ2) is 9.57. The van der Waals surface area contributed by atoms with E-state index in [1.165, 1.54) is 16.7 Å². The van der Waals surface area contributed by atoms with E-state index >= 15 is 0 Å². The van der Waals surface area contributed by atoms with Gasteiger partial charge < -0.3 is 9.63 Å². The number of hydrogen-bond acceptors (Lipinski definition) is 5. The minimum absolute atomic E-state index is 0.0612. The maximum Gasteiger partial charge on any atom is 0.317 e. The highest BCUT2D eigenvalue weighted by Crippen LogP contribution is 2.31. The van der Waals surface area contributed by atoms with E-state index in [0.717, 1.165) is 22.3 Å². The molecule has 4 rings (SSSR count). The van der Waals surface area contributed by atoms with Crippen molar-refractivity contribution >= 4 is 17.6 Å². The van der Waals surface area contributed by atoms with Crippen molar-refractivity contribution in [2.24, 2.45) is 0 Å². The number of carboxylic acids is 1. The third-order valence-corrected chi connectivity index (χ3v) is 5.84. The van der Waals surface area contributed by atoms with Crippen LogP contribution >= 0.6 is 11.6 Å². The topological polar surface area (TPSA) is 79.5 Å². The van der Waals surface area contributed by atoms with Crippen molar-refractivity contribution in [1.82, 2.24) is 15.0 Å². The van der Waals surface area contributed by atoms with E-state index in [4.69, 9.17) is 21.2 Å². The summed E-state index contributed by atoms with van der Waals surface area (Å²) in [5, 5.41) is 13.6. The maximum atomic E-state index is 10.9. The number of aliphatic carboxylic acids is 1. The highest BCUT2D eigenvalue weighted by molar-refractivity contribution is 6.31. The maximum absolute atomic E-state index is 10.9. The molecule has 0 unspecified atom stereocenters. The zero-order valence-electron chi connectivity index (χ0n) is 18.7. The molecule has 0 saturated carbocycles. The summed E-state index contributed by atoms with van der Waals surface area (Å²) >= 11 is 6.43. The lowest BCUT2D eigenvalue weighted by atomic mass is 9.95. The molecule has 0 atom stereocenters. The van der Waals surface area contributed by atoms with Crippen molar-refractivity contribution in [3.05, 3.63) is 82.4 Å². The van der Waals surface area contributed by atoms with Gasteiger partial charge in [0.15, 0.2) is 0 Å². The summed E-state index contributed by atoms with van der Waals surface area (Å²) in [6, 6.07) is 19.9. The Morgan fingerprint density at radius 1 is 1.00 bits per heavy atom. The number of aryl methyl sites for hydroxylation is 2. The molecule has 0 bridgehead atoms. The van der Waals surface area contributed by atoms with Crippen molar-refractivity contribution in [1.29, 1.82) is 0 Å². The Labute approximate surface area is 197 Å². The fourth-order valence-corrected chi connectivity index (χ4v) is 4.06. The predicted molar refractivity (Wildman–Crippen MR) is 129 cm³/mol. The molecule has 0 aliphatic rings. The van der Waals surface area contributed by atoms with Crippen LogP contribution in [0.3, 0.4) is 0 Å². The van der Waals surface area contributed by atoms with Crippen molar-refractivity contribution in [3.8, 4) is 34.0 Å². The first-order valence-corrected chi connectivity index (χ1v) is 10.9. The fourth-order valence-electron chi connectivity index (χ4n) is 3.82. The number of carbonyl (C=O) groups is 1. The molecular weight excluding hydrogens is 438 g/mol. The van der Waals surface area contributed by atoms with E-state index in [-0.39, 0.29) is 6.54 Å². The largest absolute Gasteiger partial charge is 0.480 e. The number of benzene rings is 3. The van der Waals surface area contributed by atoms with Crippen LogP contribution in [0.4, 0.5) is 0 Å². The summed E-state index contributed by atoms with van der Waals surface area (Å²) in [6.45, 7) is 4.54. The van der Waals surface area contributed by atoms with E-state index in [0.29, 0.717) is 23.3 Å². The molecule has 3 aromatic carbocycles. The lowest BCUT2D eigenvalue weighted by molar-refractivity contribution is -0.138. The normalized spacial score (nSPS) is 11.2. The first kappa shape index (κ1) is 22.7. The average molecular weight is 462 g/mol. The fraction of sp³-hybridized carbons (Fsp3) is 0.192. The average Bonchev–Trinajstić information content (AvgIpc) is 3.25. The Morgan fingerprint density at radius 3 is 2.42 bits per heavy atom. The van der Waals surface area contributed by atoms with Crippen LogP contribution in [-0.4, -0.2) is 39.7 Å². The van der Waals surface area contributed by atoms with Gasteiger partial charge in [-0.15, -0.1) is 0 Å². The van der Waals surface area contributed by atoms with Crippen molar-refractivity contribution in [3.63, 3.8) is 0 Å². The monoisotopic (exact) mass is 461 g/mol. The van der Waals surface area contributed by atoms with Crippen LogP contribution in [0.25, 0.3) is 34.0 Å². The van der Waals surface area contributed by atoms with Gasteiger partial charge in [-0.3, -0.25) is 9.69 Å². The number of likely N-dealkylation sites (N-methyl/N-ethyl adjacent to an activating group) is 1. The molecule has 0 spiro atoms. The van der Waals surface area contributed by atoms with Crippen molar-refractivity contribution < 1.29 is 14.4 Å². The molecule has 0 fully saturated rings. The van der Waals surface area contributed by atoms with Gasteiger partial charge in [-0.2, -0.15) is 4.98 Å². The van der Waals surface area contributed by atoms with Gasteiger partial charge in [0.1, 0.15) is 0 Å². The Kier molecular flexibility index (Phi) is 6.58. The molecule has 6 nitrogen and oxygen atoms in total. The molecule has 4 aromatic rings. The van der Waals surface area contributed by atoms with Crippen LogP contribution in [0, 0.1) is 13.8 Å². The Morgan fingerprint density at radius 2 is 1.73 bits per heavy atom. The molecule has 0 aliphatic carbocycles. The first-order chi connectivity index (χ1) is 15.8. The lowest BCUT2D eigenvalue weighted by Gasteiger charge is -2.15. The highest BCUT2D eigenvalue weighted by Gasteiger charge is 2.15. The van der Waals surface area contributed by atoms with E-state index in [2.05, 4.69) is 42.2 Å². The summed E-state index contributed by atoms with van der Waals surface area (Å²) < 4.78 is 5.53. The number of aromatic nitrogens is 2. The molecule has 168 valence electrons. The van der Waals surface area contributed by atoms with Crippen LogP contribution in [-0.2, 0) is 11.3 Å². The molecule has 0 saturated heterocycles. The molecule has 1 aromatic heterocycles. The molecule has 7 heteroatoms. The van der Waals surface area contributed by atoms with Gasteiger partial charge in [0.05, 0.1) is 6.54 Å². The van der Waals surface area contributed by atoms with Gasteiger partial charge in [-0.05, 0) is 66.9 Å². The predicted octanol–water partition coefficient (Wildman–Crippen LogP) is 5.86. The second-order valence-corrected chi connectivity index (χ2v) is 8.55. The molecule has 1 heterocycles. The molecule has 0 aliphatic heterocycles. The number of nitrogens with zero attached hydrogens (tertiary/aromatic N) is 3. The number of rotatable bonds is 7. The SMILES string of the molecule is Cc1ccccc1-c1ccc(-c2nc(-c3ccc(CN(C)CC(=O)O)c(Cl)c3)no2)cc1C. The second-order valence-electron chi connectivity index (χ2n) is 8.14. The van der Waals surface area contributed by atoms with Crippen LogP contribution in [0.2, 0.25) is 5.02 Å². The summed E-state index contributed by atoms with van der Waals surface area (Å²) in [6.07, 6.45) is 0. The summed E-state index contributed by atoms with van der Waals surface area (Å²) in [5.74, 6) is -0.00413. The Balaban J connectivity index is 1.56. The minimum Gasteiger partial charge on any atom is -0.480 e. The lowest BCUT2D eigenvalue weighted by Crippen LogP contribution is -2.25. The number of carboxylic acid groups (broad SMARTS) is 1. The zero-order valence-corrected chi connectivity index (χ0v) is 19.4. The molecule has 1 N–H and O–H groups in total. The standard InChI is InChI=1S/C26H24ClN3O3/c1-16-6-4-5-7-21(16)22-11-10-19(12-17(22)2)26-28-25(29-33-26)18-8-9-20(23(27)13-18)14-30(3)15-24(31)32/h4-13H,14-15H2,1-3H3,(H,31,32). The van der Waals surface area contributed by atoms with Gasteiger partial charge in [0.25, 0.3) is 5.89 Å². The van der Waals surface area contributed by atoms with Crippen molar-refractivity contribution in [2.45, 2.75) is 20.4 Å². The third kappa shape index (κ3) is 5.13. The van der Waals surface area contributed by atoms with Gasteiger partial charge in [-0.1, -0.05) is 59.2 Å². The van der Waals surface area contributed by atoms with Crippen LogP contribution < -0.4 is 0 Å². The van der Waals surface area contributed by atoms with E-state index in [9.17, 15) is 4.79 Å². The summed E-state index contributed by atoms with van der Waals surface area (Å²) in [7, 11) is 1.73. The Bertz CT molecular complexity index is 1320. The summed E-state index contributed by atoms with van der Waals surface area (Å²) in [5.41, 5.74) is 7.13.